The highest BCUT2D eigenvalue weighted by Gasteiger charge is 2.28. The van der Waals surface area contributed by atoms with E-state index in [0.29, 0.717) is 29.6 Å². The normalized spacial score (nSPS) is 19.6. The Labute approximate surface area is 114 Å². The summed E-state index contributed by atoms with van der Waals surface area (Å²) in [7, 11) is 0. The molecule has 1 saturated heterocycles. The molecule has 0 radical (unpaired) electrons. The Morgan fingerprint density at radius 2 is 2.11 bits per heavy atom. The third-order valence-corrected chi connectivity index (χ3v) is 3.87. The maximum Gasteiger partial charge on any atom is 0.176 e. The van der Waals surface area contributed by atoms with Gasteiger partial charge in [-0.2, -0.15) is 5.26 Å². The molecule has 100 valence electrons. The zero-order valence-corrected chi connectivity index (χ0v) is 11.6. The van der Waals surface area contributed by atoms with Crippen molar-refractivity contribution in [1.82, 2.24) is 4.90 Å². The summed E-state index contributed by atoms with van der Waals surface area (Å²) < 4.78 is 0. The summed E-state index contributed by atoms with van der Waals surface area (Å²) in [4.78, 5) is 14.5. The fourth-order valence-electron chi connectivity index (χ4n) is 2.81. The van der Waals surface area contributed by atoms with Crippen LogP contribution >= 0.6 is 0 Å². The van der Waals surface area contributed by atoms with Crippen molar-refractivity contribution >= 4 is 5.78 Å². The molecule has 0 amide bonds. The lowest BCUT2D eigenvalue weighted by Gasteiger charge is -2.26. The number of nitriles is 1. The minimum Gasteiger partial charge on any atom is -0.293 e. The van der Waals surface area contributed by atoms with E-state index in [9.17, 15) is 4.79 Å². The molecular weight excluding hydrogens is 236 g/mol. The van der Waals surface area contributed by atoms with Crippen molar-refractivity contribution in [3.63, 3.8) is 0 Å². The molecule has 1 atom stereocenters. The average Bonchev–Trinajstić information content (AvgIpc) is 2.87. The van der Waals surface area contributed by atoms with Gasteiger partial charge in [-0.3, -0.25) is 9.69 Å². The Morgan fingerprint density at radius 1 is 1.42 bits per heavy atom. The topological polar surface area (TPSA) is 44.1 Å². The fourth-order valence-corrected chi connectivity index (χ4v) is 2.81. The smallest absolute Gasteiger partial charge is 0.176 e. The van der Waals surface area contributed by atoms with Gasteiger partial charge in [0.15, 0.2) is 5.78 Å². The zero-order valence-electron chi connectivity index (χ0n) is 11.6. The number of hydrogen-bond acceptors (Lipinski definition) is 3. The quantitative estimate of drug-likeness (QED) is 0.778. The van der Waals surface area contributed by atoms with E-state index in [1.807, 2.05) is 0 Å². The van der Waals surface area contributed by atoms with Crippen LogP contribution in [0.3, 0.4) is 0 Å². The van der Waals surface area contributed by atoms with E-state index in [2.05, 4.69) is 24.8 Å². The summed E-state index contributed by atoms with van der Waals surface area (Å²) in [5.74, 6) is 0.744. The molecule has 1 aliphatic rings. The van der Waals surface area contributed by atoms with Crippen LogP contribution in [0.25, 0.3) is 0 Å². The van der Waals surface area contributed by atoms with Crippen LogP contribution in [0.4, 0.5) is 0 Å². The van der Waals surface area contributed by atoms with Crippen molar-refractivity contribution in [3.8, 4) is 6.07 Å². The van der Waals surface area contributed by atoms with Gasteiger partial charge in [0.1, 0.15) is 0 Å². The first-order chi connectivity index (χ1) is 9.11. The molecule has 0 aromatic heterocycles. The highest BCUT2D eigenvalue weighted by molar-refractivity contribution is 5.97. The number of benzene rings is 1. The van der Waals surface area contributed by atoms with Crippen LogP contribution in [0.2, 0.25) is 0 Å². The predicted molar refractivity (Wildman–Crippen MR) is 74.9 cm³/mol. The number of hydrogen-bond donors (Lipinski definition) is 0. The third-order valence-electron chi connectivity index (χ3n) is 3.87. The van der Waals surface area contributed by atoms with Crippen LogP contribution in [-0.4, -0.2) is 29.8 Å². The first-order valence-electron chi connectivity index (χ1n) is 6.89. The second-order valence-electron chi connectivity index (χ2n) is 5.54. The SMILES string of the molecule is CC(C)C1CCCN1CC(=O)c1ccc(C#N)cc1. The van der Waals surface area contributed by atoms with Crippen LogP contribution in [-0.2, 0) is 0 Å². The van der Waals surface area contributed by atoms with E-state index >= 15 is 0 Å². The summed E-state index contributed by atoms with van der Waals surface area (Å²) in [5, 5.41) is 8.75. The molecule has 1 aliphatic heterocycles. The van der Waals surface area contributed by atoms with Gasteiger partial charge in [-0.15, -0.1) is 0 Å². The van der Waals surface area contributed by atoms with Crippen molar-refractivity contribution < 1.29 is 4.79 Å². The van der Waals surface area contributed by atoms with Gasteiger partial charge in [-0.05, 0) is 37.4 Å². The molecule has 1 unspecified atom stereocenters. The molecule has 0 aliphatic carbocycles. The molecular formula is C16H20N2O. The molecule has 1 aromatic rings. The minimum atomic E-state index is 0.150. The van der Waals surface area contributed by atoms with Crippen LogP contribution < -0.4 is 0 Å². The number of carbonyl (C=O) groups excluding carboxylic acids is 1. The summed E-state index contributed by atoms with van der Waals surface area (Å²) >= 11 is 0. The largest absolute Gasteiger partial charge is 0.293 e. The van der Waals surface area contributed by atoms with Gasteiger partial charge in [-0.1, -0.05) is 26.0 Å². The lowest BCUT2D eigenvalue weighted by Crippen LogP contribution is -2.37. The van der Waals surface area contributed by atoms with Crippen molar-refractivity contribution in [1.29, 1.82) is 5.26 Å². The fraction of sp³-hybridized carbons (Fsp3) is 0.500. The number of carbonyl (C=O) groups is 1. The first-order valence-corrected chi connectivity index (χ1v) is 6.89. The molecule has 0 bridgehead atoms. The van der Waals surface area contributed by atoms with Crippen LogP contribution in [0.1, 0.15) is 42.6 Å². The van der Waals surface area contributed by atoms with Gasteiger partial charge in [0, 0.05) is 11.6 Å². The van der Waals surface area contributed by atoms with Crippen molar-refractivity contribution in [2.45, 2.75) is 32.7 Å². The van der Waals surface area contributed by atoms with E-state index < -0.39 is 0 Å². The van der Waals surface area contributed by atoms with Gasteiger partial charge < -0.3 is 0 Å². The van der Waals surface area contributed by atoms with Crippen molar-refractivity contribution in [2.75, 3.05) is 13.1 Å². The molecule has 0 N–H and O–H groups in total. The van der Waals surface area contributed by atoms with Crippen molar-refractivity contribution in [2.24, 2.45) is 5.92 Å². The summed E-state index contributed by atoms with van der Waals surface area (Å²) in [5.41, 5.74) is 1.30. The summed E-state index contributed by atoms with van der Waals surface area (Å²) in [6.07, 6.45) is 2.38. The van der Waals surface area contributed by atoms with Crippen LogP contribution in [0, 0.1) is 17.2 Å². The summed E-state index contributed by atoms with van der Waals surface area (Å²) in [6, 6.07) is 9.51. The first kappa shape index (κ1) is 13.8. The lowest BCUT2D eigenvalue weighted by atomic mass is 10.0. The Kier molecular flexibility index (Phi) is 4.34. The number of likely N-dealkylation sites (tertiary alicyclic amines) is 1. The molecule has 1 fully saturated rings. The number of rotatable bonds is 4. The molecule has 3 heteroatoms. The van der Waals surface area contributed by atoms with Gasteiger partial charge in [-0.25, -0.2) is 0 Å². The van der Waals surface area contributed by atoms with Gasteiger partial charge in [0.2, 0.25) is 0 Å². The Bertz CT molecular complexity index is 484. The molecule has 1 aromatic carbocycles. The highest BCUT2D eigenvalue weighted by Crippen LogP contribution is 2.23. The van der Waals surface area contributed by atoms with Gasteiger partial charge >= 0.3 is 0 Å². The Balaban J connectivity index is 2.02. The van der Waals surface area contributed by atoms with Gasteiger partial charge in [0.05, 0.1) is 18.2 Å². The van der Waals surface area contributed by atoms with E-state index in [-0.39, 0.29) is 5.78 Å². The van der Waals surface area contributed by atoms with Crippen molar-refractivity contribution in [3.05, 3.63) is 35.4 Å². The molecule has 1 heterocycles. The minimum absolute atomic E-state index is 0.150. The standard InChI is InChI=1S/C16H20N2O/c1-12(2)15-4-3-9-18(15)11-16(19)14-7-5-13(10-17)6-8-14/h5-8,12,15H,3-4,9,11H2,1-2H3. The maximum atomic E-state index is 12.2. The van der Waals surface area contributed by atoms with Crippen LogP contribution in [0.15, 0.2) is 24.3 Å². The maximum absolute atomic E-state index is 12.2. The molecule has 19 heavy (non-hydrogen) atoms. The second kappa shape index (κ2) is 5.99. The van der Waals surface area contributed by atoms with E-state index in [4.69, 9.17) is 5.26 Å². The van der Waals surface area contributed by atoms with E-state index in [1.165, 1.54) is 12.8 Å². The number of nitrogens with zero attached hydrogens (tertiary/aromatic N) is 2. The average molecular weight is 256 g/mol. The molecule has 3 nitrogen and oxygen atoms in total. The molecule has 0 spiro atoms. The van der Waals surface area contributed by atoms with E-state index in [1.54, 1.807) is 24.3 Å². The zero-order chi connectivity index (χ0) is 13.8. The predicted octanol–water partition coefficient (Wildman–Crippen LogP) is 2.86. The number of Topliss-reactive ketones (excluding diaryl/α,β-unsaturated/α-hetero) is 1. The van der Waals surface area contributed by atoms with Crippen LogP contribution in [0.5, 0.6) is 0 Å². The molecule has 2 rings (SSSR count). The third kappa shape index (κ3) is 3.21. The number of ketones is 1. The Hall–Kier alpha value is -1.66. The molecule has 0 saturated carbocycles. The van der Waals surface area contributed by atoms with Gasteiger partial charge in [0.25, 0.3) is 0 Å². The highest BCUT2D eigenvalue weighted by atomic mass is 16.1. The monoisotopic (exact) mass is 256 g/mol. The second-order valence-corrected chi connectivity index (χ2v) is 5.54. The lowest BCUT2D eigenvalue weighted by molar-refractivity contribution is 0.0904. The Morgan fingerprint density at radius 3 is 2.68 bits per heavy atom. The van der Waals surface area contributed by atoms with E-state index in [0.717, 1.165) is 6.54 Å². The summed E-state index contributed by atoms with van der Waals surface area (Å²) in [6.45, 7) is 5.95.